The summed E-state index contributed by atoms with van der Waals surface area (Å²) in [5, 5.41) is 6.05. The maximum Gasteiger partial charge on any atom is 0.263 e. The molecule has 0 unspecified atom stereocenters. The molecule has 0 radical (unpaired) electrons. The lowest BCUT2D eigenvalue weighted by atomic mass is 10.2. The van der Waals surface area contributed by atoms with Gasteiger partial charge in [-0.25, -0.2) is 12.8 Å². The molecule has 0 saturated carbocycles. The Morgan fingerprint density at radius 2 is 2.17 bits per heavy atom. The highest BCUT2D eigenvalue weighted by atomic mass is 32.2. The first-order chi connectivity index (χ1) is 8.40. The van der Waals surface area contributed by atoms with E-state index in [4.69, 9.17) is 5.73 Å². The van der Waals surface area contributed by atoms with Gasteiger partial charge < -0.3 is 5.73 Å². The van der Waals surface area contributed by atoms with Gasteiger partial charge in [0.1, 0.15) is 11.6 Å². The number of nitrogen functional groups attached to an aromatic ring is 1. The van der Waals surface area contributed by atoms with E-state index in [0.717, 1.165) is 6.07 Å². The molecule has 0 atom stereocenters. The van der Waals surface area contributed by atoms with Gasteiger partial charge in [0.25, 0.3) is 10.0 Å². The van der Waals surface area contributed by atoms with E-state index in [9.17, 15) is 12.8 Å². The van der Waals surface area contributed by atoms with E-state index < -0.39 is 15.8 Å². The Balaban J connectivity index is 2.48. The highest BCUT2D eigenvalue weighted by Gasteiger charge is 2.20. The average Bonchev–Trinajstić information content (AvgIpc) is 2.75. The van der Waals surface area contributed by atoms with Crippen molar-refractivity contribution in [3.63, 3.8) is 0 Å². The number of nitrogens with one attached hydrogen (secondary N) is 2. The Labute approximate surface area is 103 Å². The summed E-state index contributed by atoms with van der Waals surface area (Å²) >= 11 is 0. The van der Waals surface area contributed by atoms with Crippen LogP contribution in [-0.2, 0) is 10.0 Å². The fourth-order valence-corrected chi connectivity index (χ4v) is 2.77. The summed E-state index contributed by atoms with van der Waals surface area (Å²) in [7, 11) is -3.90. The molecule has 18 heavy (non-hydrogen) atoms. The number of benzene rings is 1. The predicted octanol–water partition coefficient (Wildman–Crippen LogP) is 1.24. The fourth-order valence-electron chi connectivity index (χ4n) is 1.47. The molecule has 6 nitrogen and oxygen atoms in total. The zero-order valence-electron chi connectivity index (χ0n) is 9.44. The van der Waals surface area contributed by atoms with Crippen LogP contribution in [0.5, 0.6) is 0 Å². The van der Waals surface area contributed by atoms with Crippen molar-refractivity contribution >= 4 is 21.5 Å². The maximum atomic E-state index is 13.5. The smallest absolute Gasteiger partial charge is 0.263 e. The molecule has 0 aliphatic heterocycles. The standard InChI is InChI=1S/C10H11FN4O2S/c1-6-8(11)4-7(12)5-9(6)18(16,17)15-10-2-3-13-14-10/h2-5H,12H2,1H3,(H2,13,14,15). The number of rotatable bonds is 3. The summed E-state index contributed by atoms with van der Waals surface area (Å²) in [5.41, 5.74) is 5.50. The molecule has 0 amide bonds. The molecule has 1 aromatic carbocycles. The molecule has 0 bridgehead atoms. The lowest BCUT2D eigenvalue weighted by Crippen LogP contribution is -2.15. The van der Waals surface area contributed by atoms with Crippen LogP contribution in [0, 0.1) is 12.7 Å². The molecule has 0 spiro atoms. The Morgan fingerprint density at radius 1 is 1.44 bits per heavy atom. The van der Waals surface area contributed by atoms with Gasteiger partial charge in [-0.05, 0) is 19.1 Å². The zero-order valence-corrected chi connectivity index (χ0v) is 10.3. The Morgan fingerprint density at radius 3 is 2.78 bits per heavy atom. The fraction of sp³-hybridized carbons (Fsp3) is 0.100. The second-order valence-corrected chi connectivity index (χ2v) is 5.35. The van der Waals surface area contributed by atoms with Crippen LogP contribution < -0.4 is 10.5 Å². The lowest BCUT2D eigenvalue weighted by molar-refractivity contribution is 0.591. The number of halogens is 1. The predicted molar refractivity (Wildman–Crippen MR) is 64.9 cm³/mol. The third-order valence-electron chi connectivity index (χ3n) is 2.35. The third kappa shape index (κ3) is 2.28. The molecule has 1 aromatic heterocycles. The quantitative estimate of drug-likeness (QED) is 0.730. The van der Waals surface area contributed by atoms with Crippen molar-refractivity contribution < 1.29 is 12.8 Å². The van der Waals surface area contributed by atoms with Gasteiger partial charge in [0.2, 0.25) is 0 Å². The topological polar surface area (TPSA) is 101 Å². The van der Waals surface area contributed by atoms with Gasteiger partial charge in [0, 0.05) is 17.3 Å². The van der Waals surface area contributed by atoms with Crippen molar-refractivity contribution in [1.29, 1.82) is 0 Å². The van der Waals surface area contributed by atoms with Gasteiger partial charge in [-0.15, -0.1) is 0 Å². The van der Waals surface area contributed by atoms with Crippen LogP contribution in [0.25, 0.3) is 0 Å². The first-order valence-electron chi connectivity index (χ1n) is 4.98. The number of sulfonamides is 1. The monoisotopic (exact) mass is 270 g/mol. The summed E-state index contributed by atoms with van der Waals surface area (Å²) < 4.78 is 39.8. The zero-order chi connectivity index (χ0) is 13.3. The molecule has 2 aromatic rings. The van der Waals surface area contributed by atoms with Gasteiger partial charge in [-0.3, -0.25) is 9.82 Å². The summed E-state index contributed by atoms with van der Waals surface area (Å²) in [5.74, 6) is -0.475. The van der Waals surface area contributed by atoms with E-state index in [2.05, 4.69) is 14.9 Å². The number of nitrogens with two attached hydrogens (primary N) is 1. The maximum absolute atomic E-state index is 13.5. The van der Waals surface area contributed by atoms with Crippen LogP contribution >= 0.6 is 0 Å². The van der Waals surface area contributed by atoms with Crippen LogP contribution in [0.1, 0.15) is 5.56 Å². The minimum atomic E-state index is -3.90. The van der Waals surface area contributed by atoms with E-state index in [-0.39, 0.29) is 22.0 Å². The van der Waals surface area contributed by atoms with Crippen molar-refractivity contribution in [2.45, 2.75) is 11.8 Å². The second kappa shape index (κ2) is 4.30. The largest absolute Gasteiger partial charge is 0.399 e. The molecule has 4 N–H and O–H groups in total. The minimum Gasteiger partial charge on any atom is -0.399 e. The summed E-state index contributed by atoms with van der Waals surface area (Å²) in [6, 6.07) is 3.72. The van der Waals surface area contributed by atoms with E-state index in [1.165, 1.54) is 25.3 Å². The van der Waals surface area contributed by atoms with Crippen LogP contribution in [0.2, 0.25) is 0 Å². The van der Waals surface area contributed by atoms with Gasteiger partial charge in [0.05, 0.1) is 11.1 Å². The molecular weight excluding hydrogens is 259 g/mol. The second-order valence-electron chi connectivity index (χ2n) is 3.70. The van der Waals surface area contributed by atoms with Crippen molar-refractivity contribution in [3.05, 3.63) is 35.8 Å². The highest BCUT2D eigenvalue weighted by molar-refractivity contribution is 7.92. The number of anilines is 2. The molecule has 0 saturated heterocycles. The van der Waals surface area contributed by atoms with Crippen LogP contribution in [0.15, 0.2) is 29.3 Å². The molecule has 0 aliphatic rings. The van der Waals surface area contributed by atoms with Crippen LogP contribution in [0.3, 0.4) is 0 Å². The summed E-state index contributed by atoms with van der Waals surface area (Å²) in [6.07, 6.45) is 1.39. The molecule has 8 heteroatoms. The Bertz CT molecular complexity index is 667. The number of aromatic nitrogens is 2. The number of H-pyrrole nitrogens is 1. The number of hydrogen-bond acceptors (Lipinski definition) is 4. The number of hydrogen-bond donors (Lipinski definition) is 3. The molecule has 1 heterocycles. The average molecular weight is 270 g/mol. The van der Waals surface area contributed by atoms with Crippen molar-refractivity contribution in [2.24, 2.45) is 0 Å². The first-order valence-corrected chi connectivity index (χ1v) is 6.46. The van der Waals surface area contributed by atoms with Gasteiger partial charge in [-0.1, -0.05) is 0 Å². The van der Waals surface area contributed by atoms with E-state index in [0.29, 0.717) is 0 Å². The molecule has 0 aliphatic carbocycles. The van der Waals surface area contributed by atoms with E-state index in [1.807, 2.05) is 0 Å². The third-order valence-corrected chi connectivity index (χ3v) is 3.85. The van der Waals surface area contributed by atoms with Crippen molar-refractivity contribution in [2.75, 3.05) is 10.5 Å². The first kappa shape index (κ1) is 12.4. The Kier molecular flexibility index (Phi) is 2.95. The minimum absolute atomic E-state index is 0.0104. The van der Waals surface area contributed by atoms with E-state index in [1.54, 1.807) is 0 Å². The van der Waals surface area contributed by atoms with Crippen molar-refractivity contribution in [1.82, 2.24) is 10.2 Å². The SMILES string of the molecule is Cc1c(F)cc(N)cc1S(=O)(=O)Nc1ccn[nH]1. The molecule has 96 valence electrons. The van der Waals surface area contributed by atoms with Gasteiger partial charge in [-0.2, -0.15) is 5.10 Å². The van der Waals surface area contributed by atoms with Crippen LogP contribution in [-0.4, -0.2) is 18.6 Å². The number of nitrogens with zero attached hydrogens (tertiary/aromatic N) is 1. The van der Waals surface area contributed by atoms with Gasteiger partial charge in [0.15, 0.2) is 0 Å². The highest BCUT2D eigenvalue weighted by Crippen LogP contribution is 2.23. The number of aromatic amines is 1. The van der Waals surface area contributed by atoms with Crippen LogP contribution in [0.4, 0.5) is 15.9 Å². The molecule has 0 fully saturated rings. The summed E-state index contributed by atoms with van der Waals surface area (Å²) in [4.78, 5) is -0.199. The summed E-state index contributed by atoms with van der Waals surface area (Å²) in [6.45, 7) is 1.37. The Hall–Kier alpha value is -2.09. The van der Waals surface area contributed by atoms with Crippen molar-refractivity contribution in [3.8, 4) is 0 Å². The molecular formula is C10H11FN4O2S. The normalized spacial score (nSPS) is 11.4. The van der Waals surface area contributed by atoms with Gasteiger partial charge >= 0.3 is 0 Å². The van der Waals surface area contributed by atoms with E-state index >= 15 is 0 Å². The lowest BCUT2D eigenvalue weighted by Gasteiger charge is -2.10. The molecule has 2 rings (SSSR count).